The quantitative estimate of drug-likeness (QED) is 0.582. The first-order valence-corrected chi connectivity index (χ1v) is 6.51. The van der Waals surface area contributed by atoms with E-state index in [0.717, 1.165) is 12.2 Å². The summed E-state index contributed by atoms with van der Waals surface area (Å²) in [7, 11) is 0. The summed E-state index contributed by atoms with van der Waals surface area (Å²) < 4.78 is 0. The molecular formula is C15H26O3. The predicted molar refractivity (Wildman–Crippen MR) is 74.6 cm³/mol. The van der Waals surface area contributed by atoms with Crippen molar-refractivity contribution in [1.82, 2.24) is 0 Å². The van der Waals surface area contributed by atoms with Crippen molar-refractivity contribution in [3.05, 3.63) is 24.5 Å². The Bertz CT molecular complexity index is 303. The van der Waals surface area contributed by atoms with Crippen LogP contribution in [-0.2, 0) is 4.79 Å². The molecule has 0 radical (unpaired) electrons. The number of rotatable bonds is 3. The number of carboxylic acids is 1. The number of allylic oxidation sites excluding steroid dienone is 1. The third-order valence-electron chi connectivity index (χ3n) is 3.81. The average Bonchev–Trinajstić information content (AvgIpc) is 2.30. The lowest BCUT2D eigenvalue weighted by Crippen LogP contribution is -2.24. The maximum atomic E-state index is 9.99. The summed E-state index contributed by atoms with van der Waals surface area (Å²) in [5.41, 5.74) is 0.707. The monoisotopic (exact) mass is 254 g/mol. The molecule has 0 saturated heterocycles. The second-order valence-corrected chi connectivity index (χ2v) is 5.63. The normalized spacial score (nSPS) is 22.1. The van der Waals surface area contributed by atoms with Gasteiger partial charge in [-0.05, 0) is 23.8 Å². The number of carboxylic acid groups (broad SMARTS) is 1. The van der Waals surface area contributed by atoms with E-state index in [0.29, 0.717) is 5.41 Å². The van der Waals surface area contributed by atoms with Crippen LogP contribution >= 0.6 is 0 Å². The molecular weight excluding hydrogens is 228 g/mol. The molecule has 0 aromatic carbocycles. The molecule has 1 rings (SSSR count). The Labute approximate surface area is 110 Å². The van der Waals surface area contributed by atoms with Crippen LogP contribution in [0.5, 0.6) is 0 Å². The summed E-state index contributed by atoms with van der Waals surface area (Å²) in [6.45, 7) is 10.4. The Morgan fingerprint density at radius 1 is 1.44 bits per heavy atom. The molecule has 1 saturated carbocycles. The second-order valence-electron chi connectivity index (χ2n) is 5.63. The van der Waals surface area contributed by atoms with E-state index in [1.807, 2.05) is 0 Å². The van der Waals surface area contributed by atoms with Crippen molar-refractivity contribution in [2.45, 2.75) is 52.9 Å². The lowest BCUT2D eigenvalue weighted by Gasteiger charge is -2.36. The van der Waals surface area contributed by atoms with E-state index in [4.69, 9.17) is 10.2 Å². The van der Waals surface area contributed by atoms with Gasteiger partial charge in [-0.1, -0.05) is 46.6 Å². The first kappa shape index (κ1) is 16.8. The summed E-state index contributed by atoms with van der Waals surface area (Å²) in [6.07, 6.45) is 8.11. The fourth-order valence-corrected chi connectivity index (χ4v) is 1.95. The molecule has 0 aliphatic heterocycles. The Kier molecular flexibility index (Phi) is 7.41. The van der Waals surface area contributed by atoms with Gasteiger partial charge in [0.05, 0.1) is 6.26 Å². The molecule has 1 aliphatic carbocycles. The van der Waals surface area contributed by atoms with E-state index >= 15 is 0 Å². The van der Waals surface area contributed by atoms with Crippen LogP contribution in [0.15, 0.2) is 24.5 Å². The summed E-state index contributed by atoms with van der Waals surface area (Å²) in [5.74, 6) is -0.0839. The van der Waals surface area contributed by atoms with Crippen molar-refractivity contribution in [2.24, 2.45) is 11.3 Å². The minimum absolute atomic E-state index is 0.0697. The highest BCUT2D eigenvalue weighted by Crippen LogP contribution is 2.39. The average molecular weight is 254 g/mol. The van der Waals surface area contributed by atoms with Gasteiger partial charge in [0.25, 0.3) is 0 Å². The van der Waals surface area contributed by atoms with Crippen molar-refractivity contribution in [3.8, 4) is 0 Å². The van der Waals surface area contributed by atoms with E-state index < -0.39 is 5.97 Å². The summed E-state index contributed by atoms with van der Waals surface area (Å²) >= 11 is 0. The van der Waals surface area contributed by atoms with Crippen LogP contribution in [-0.4, -0.2) is 16.2 Å². The van der Waals surface area contributed by atoms with Crippen molar-refractivity contribution in [2.75, 3.05) is 0 Å². The lowest BCUT2D eigenvalue weighted by atomic mass is 9.70. The van der Waals surface area contributed by atoms with Crippen LogP contribution in [0.4, 0.5) is 0 Å². The SMILES string of the molecule is C=C(CC=CO)C(=O)O.CC1CCCCC1(C)C. The highest BCUT2D eigenvalue weighted by atomic mass is 16.4. The van der Waals surface area contributed by atoms with Crippen LogP contribution in [0.3, 0.4) is 0 Å². The zero-order valence-corrected chi connectivity index (χ0v) is 11.8. The molecule has 3 nitrogen and oxygen atoms in total. The number of hydrogen-bond donors (Lipinski definition) is 2. The smallest absolute Gasteiger partial charge is 0.331 e. The van der Waals surface area contributed by atoms with Crippen LogP contribution in [0, 0.1) is 11.3 Å². The largest absolute Gasteiger partial charge is 0.516 e. The van der Waals surface area contributed by atoms with Crippen molar-refractivity contribution in [3.63, 3.8) is 0 Å². The van der Waals surface area contributed by atoms with Gasteiger partial charge in [0.1, 0.15) is 0 Å². The summed E-state index contributed by atoms with van der Waals surface area (Å²) in [4.78, 5) is 9.99. The first-order valence-electron chi connectivity index (χ1n) is 6.51. The molecule has 0 aromatic rings. The van der Waals surface area contributed by atoms with E-state index in [-0.39, 0.29) is 12.0 Å². The zero-order chi connectivity index (χ0) is 14.2. The molecule has 1 aliphatic rings. The fraction of sp³-hybridized carbons (Fsp3) is 0.667. The Hall–Kier alpha value is -1.25. The number of aliphatic hydroxyl groups excluding tert-OH is 1. The number of hydrogen-bond acceptors (Lipinski definition) is 2. The van der Waals surface area contributed by atoms with Crippen LogP contribution < -0.4 is 0 Å². The first-order chi connectivity index (χ1) is 8.31. The molecule has 0 spiro atoms. The fourth-order valence-electron chi connectivity index (χ4n) is 1.95. The Balaban J connectivity index is 0.000000321. The van der Waals surface area contributed by atoms with Crippen molar-refractivity contribution in [1.29, 1.82) is 0 Å². The van der Waals surface area contributed by atoms with E-state index in [2.05, 4.69) is 27.4 Å². The van der Waals surface area contributed by atoms with Gasteiger partial charge in [-0.15, -0.1) is 0 Å². The maximum absolute atomic E-state index is 9.99. The topological polar surface area (TPSA) is 57.5 Å². The van der Waals surface area contributed by atoms with Gasteiger partial charge >= 0.3 is 5.97 Å². The van der Waals surface area contributed by atoms with Crippen molar-refractivity contribution >= 4 is 5.97 Å². The van der Waals surface area contributed by atoms with Gasteiger partial charge in [-0.3, -0.25) is 0 Å². The van der Waals surface area contributed by atoms with Gasteiger partial charge in [-0.2, -0.15) is 0 Å². The molecule has 1 atom stereocenters. The van der Waals surface area contributed by atoms with Gasteiger partial charge < -0.3 is 10.2 Å². The predicted octanol–water partition coefficient (Wildman–Crippen LogP) is 4.31. The second kappa shape index (κ2) is 7.96. The van der Waals surface area contributed by atoms with Gasteiger partial charge in [0, 0.05) is 12.0 Å². The third kappa shape index (κ3) is 6.48. The molecule has 1 unspecified atom stereocenters. The maximum Gasteiger partial charge on any atom is 0.331 e. The number of carbonyl (C=O) groups is 1. The van der Waals surface area contributed by atoms with Gasteiger partial charge in [0.15, 0.2) is 0 Å². The minimum atomic E-state index is -1.03. The molecule has 0 heterocycles. The summed E-state index contributed by atoms with van der Waals surface area (Å²) in [6, 6.07) is 0. The number of aliphatic carboxylic acids is 1. The summed E-state index contributed by atoms with van der Waals surface area (Å²) in [5, 5.41) is 16.3. The van der Waals surface area contributed by atoms with E-state index in [9.17, 15) is 4.79 Å². The van der Waals surface area contributed by atoms with Gasteiger partial charge in [-0.25, -0.2) is 4.79 Å². The van der Waals surface area contributed by atoms with E-state index in [1.54, 1.807) is 0 Å². The molecule has 0 bridgehead atoms. The highest BCUT2D eigenvalue weighted by molar-refractivity contribution is 5.85. The zero-order valence-electron chi connectivity index (χ0n) is 11.8. The Morgan fingerprint density at radius 2 is 2.06 bits per heavy atom. The van der Waals surface area contributed by atoms with Crippen molar-refractivity contribution < 1.29 is 15.0 Å². The molecule has 104 valence electrons. The molecule has 18 heavy (non-hydrogen) atoms. The van der Waals surface area contributed by atoms with Gasteiger partial charge in [0.2, 0.25) is 0 Å². The van der Waals surface area contributed by atoms with Crippen LogP contribution in [0.2, 0.25) is 0 Å². The van der Waals surface area contributed by atoms with Crippen LogP contribution in [0.25, 0.3) is 0 Å². The molecule has 1 fully saturated rings. The molecule has 0 aromatic heterocycles. The molecule has 3 heteroatoms. The lowest BCUT2D eigenvalue weighted by molar-refractivity contribution is -0.132. The number of aliphatic hydroxyl groups is 1. The third-order valence-corrected chi connectivity index (χ3v) is 3.81. The minimum Gasteiger partial charge on any atom is -0.516 e. The van der Waals surface area contributed by atoms with E-state index in [1.165, 1.54) is 31.8 Å². The highest BCUT2D eigenvalue weighted by Gasteiger charge is 2.27. The molecule has 0 amide bonds. The standard InChI is InChI=1S/C9H18.C6H8O3/c1-8-6-4-5-7-9(8,2)3;1-5(6(8)9)3-2-4-7/h8H,4-7H2,1-3H3;2,4,7H,1,3H2,(H,8,9). The molecule has 2 N–H and O–H groups in total. The Morgan fingerprint density at radius 3 is 2.39 bits per heavy atom. The van der Waals surface area contributed by atoms with Crippen LogP contribution in [0.1, 0.15) is 52.9 Å².